The minimum Gasteiger partial charge on any atom is -0.459 e. The number of carbonyl (C=O) groups is 2. The second-order valence-electron chi connectivity index (χ2n) is 20.8. The number of thiophene rings is 1. The number of aryl methyl sites for hydroxylation is 1. The summed E-state index contributed by atoms with van der Waals surface area (Å²) >= 11 is 3.47. The number of cyclic esters (lactones) is 1. The van der Waals surface area contributed by atoms with Crippen molar-refractivity contribution >= 4 is 41.1 Å². The highest BCUT2D eigenvalue weighted by Gasteiger charge is 2.49. The van der Waals surface area contributed by atoms with Crippen molar-refractivity contribution in [2.24, 2.45) is 23.2 Å². The number of hydrogen-bond acceptors (Lipinski definition) is 13. The summed E-state index contributed by atoms with van der Waals surface area (Å²) in [6, 6.07) is 16.4. The molecule has 0 bridgehead atoms. The molecule has 12 nitrogen and oxygen atoms in total. The second-order valence-corrected chi connectivity index (χ2v) is 22.9. The highest BCUT2D eigenvalue weighted by molar-refractivity contribution is 7.99. The fraction of sp³-hybridized carbons (Fsp3) is 0.623. The summed E-state index contributed by atoms with van der Waals surface area (Å²) in [6.07, 6.45) is -0.856. The average molecular weight is 964 g/mol. The summed E-state index contributed by atoms with van der Waals surface area (Å²) in [5.41, 5.74) is 2.30. The standard InChI is InChI=1S/C53H77N3O9S2/c1-13-43-53(10,62)48(60)35(7)56(24-16-23-54-44(57)22-20-36-27-38-37-17-14-15-18-41(37)67-42-21-19-30(2)25-39(42)47(38)66-36)29-31(3)28-52(8,9)49(33(5)45(58)34(6)50(61)64-43)65-51-46(59)40(55(11)12)26-32(4)63-51/h14-15,17-22,25,27,31-35,40,43,45-46,48-49,51,58-60,62H,13,16,23-24,26,28-29H2,1-12H3,(H,54,57)/b22-20+/t31-,32-,33+,34-,35?,40+,43-,45+,46-,48?,49-,51+,53-/m1/s1. The number of benzene rings is 2. The van der Waals surface area contributed by atoms with Crippen molar-refractivity contribution in [2.75, 3.05) is 33.7 Å². The Morgan fingerprint density at radius 1 is 0.985 bits per heavy atom. The number of nitrogens with one attached hydrogen (secondary N) is 1. The lowest BCUT2D eigenvalue weighted by Gasteiger charge is -2.47. The molecule has 5 N–H and O–H groups in total. The van der Waals surface area contributed by atoms with Gasteiger partial charge >= 0.3 is 5.97 Å². The summed E-state index contributed by atoms with van der Waals surface area (Å²) in [5, 5.41) is 50.4. The maximum absolute atomic E-state index is 13.8. The number of aliphatic hydroxyl groups excluding tert-OH is 3. The van der Waals surface area contributed by atoms with E-state index in [0.29, 0.717) is 38.9 Å². The van der Waals surface area contributed by atoms with E-state index in [2.05, 4.69) is 86.4 Å². The van der Waals surface area contributed by atoms with Crippen molar-refractivity contribution in [2.45, 2.75) is 165 Å². The maximum atomic E-state index is 13.8. The maximum Gasteiger partial charge on any atom is 0.311 e. The Labute approximate surface area is 407 Å². The Balaban J connectivity index is 1.19. The number of rotatable bonds is 10. The molecule has 2 saturated heterocycles. The molecule has 370 valence electrons. The van der Waals surface area contributed by atoms with Crippen molar-refractivity contribution in [3.63, 3.8) is 0 Å². The quantitative estimate of drug-likeness (QED) is 0.0593. The topological polar surface area (TPSA) is 161 Å². The van der Waals surface area contributed by atoms with Gasteiger partial charge in [-0.05, 0) is 122 Å². The molecule has 13 atom stereocenters. The van der Waals surface area contributed by atoms with Crippen LogP contribution < -0.4 is 5.32 Å². The van der Waals surface area contributed by atoms with Crippen LogP contribution in [0.5, 0.6) is 0 Å². The lowest BCUT2D eigenvalue weighted by atomic mass is 9.71. The molecule has 0 radical (unpaired) electrons. The molecule has 3 aliphatic rings. The molecule has 3 aliphatic heterocycles. The minimum absolute atomic E-state index is 0.0120. The van der Waals surface area contributed by atoms with E-state index in [4.69, 9.17) is 14.2 Å². The van der Waals surface area contributed by atoms with Crippen LogP contribution in [0.3, 0.4) is 0 Å². The molecule has 0 spiro atoms. The van der Waals surface area contributed by atoms with Gasteiger partial charge < -0.3 is 44.9 Å². The number of carbonyl (C=O) groups excluding carboxylic acids is 2. The predicted octanol–water partition coefficient (Wildman–Crippen LogP) is 8.01. The van der Waals surface area contributed by atoms with Crippen molar-refractivity contribution in [3.05, 3.63) is 65.0 Å². The Morgan fingerprint density at radius 3 is 2.39 bits per heavy atom. The van der Waals surface area contributed by atoms with Crippen LogP contribution in [-0.2, 0) is 23.8 Å². The van der Waals surface area contributed by atoms with Gasteiger partial charge in [-0.1, -0.05) is 76.2 Å². The van der Waals surface area contributed by atoms with Gasteiger partial charge in [0.1, 0.15) is 23.9 Å². The third kappa shape index (κ3) is 12.2. The van der Waals surface area contributed by atoms with Crippen molar-refractivity contribution < 1.29 is 44.2 Å². The van der Waals surface area contributed by atoms with E-state index in [9.17, 15) is 30.0 Å². The first-order valence-electron chi connectivity index (χ1n) is 24.2. The number of fused-ring (bicyclic) bond motifs is 5. The zero-order valence-electron chi connectivity index (χ0n) is 41.7. The van der Waals surface area contributed by atoms with Gasteiger partial charge in [0.25, 0.3) is 0 Å². The molecule has 0 aliphatic carbocycles. The summed E-state index contributed by atoms with van der Waals surface area (Å²) in [4.78, 5) is 35.8. The van der Waals surface area contributed by atoms with Gasteiger partial charge in [-0.25, -0.2) is 0 Å². The minimum atomic E-state index is -1.83. The first-order chi connectivity index (χ1) is 31.5. The smallest absolute Gasteiger partial charge is 0.311 e. The lowest BCUT2D eigenvalue weighted by Crippen LogP contribution is -2.59. The molecule has 4 heterocycles. The molecule has 1 amide bonds. The summed E-state index contributed by atoms with van der Waals surface area (Å²) in [6.45, 7) is 20.4. The van der Waals surface area contributed by atoms with Crippen molar-refractivity contribution in [1.29, 1.82) is 0 Å². The average Bonchev–Trinajstić information content (AvgIpc) is 3.66. The highest BCUT2D eigenvalue weighted by atomic mass is 32.2. The van der Waals surface area contributed by atoms with Crippen LogP contribution >= 0.6 is 23.1 Å². The molecule has 14 heteroatoms. The van der Waals surface area contributed by atoms with E-state index in [1.807, 2.05) is 45.8 Å². The number of amides is 1. The van der Waals surface area contributed by atoms with Crippen LogP contribution in [0.2, 0.25) is 0 Å². The van der Waals surface area contributed by atoms with Crippen LogP contribution in [0.4, 0.5) is 0 Å². The largest absolute Gasteiger partial charge is 0.459 e. The fourth-order valence-electron chi connectivity index (χ4n) is 10.7. The predicted molar refractivity (Wildman–Crippen MR) is 268 cm³/mol. The summed E-state index contributed by atoms with van der Waals surface area (Å²) in [7, 11) is 3.84. The molecular formula is C53H77N3O9S2. The van der Waals surface area contributed by atoms with E-state index >= 15 is 0 Å². The van der Waals surface area contributed by atoms with Gasteiger partial charge in [-0.3, -0.25) is 14.5 Å². The first-order valence-corrected chi connectivity index (χ1v) is 25.8. The van der Waals surface area contributed by atoms with Crippen LogP contribution in [0.1, 0.15) is 98.4 Å². The molecule has 6 rings (SSSR count). The molecule has 67 heavy (non-hydrogen) atoms. The van der Waals surface area contributed by atoms with E-state index in [0.717, 1.165) is 10.4 Å². The number of likely N-dealkylation sites (N-methyl/N-ethyl adjacent to an activating group) is 1. The molecule has 2 aromatic carbocycles. The number of aliphatic hydroxyl groups is 4. The third-order valence-electron chi connectivity index (χ3n) is 14.4. The van der Waals surface area contributed by atoms with Crippen LogP contribution in [0.25, 0.3) is 27.6 Å². The summed E-state index contributed by atoms with van der Waals surface area (Å²) in [5.74, 6) is -2.49. The normalized spacial score (nSPS) is 33.2. The third-order valence-corrected chi connectivity index (χ3v) is 16.7. The number of nitrogens with zero attached hydrogens (tertiary/aromatic N) is 2. The van der Waals surface area contributed by atoms with Gasteiger partial charge in [0, 0.05) is 74.4 Å². The van der Waals surface area contributed by atoms with Crippen LogP contribution in [0.15, 0.2) is 64.4 Å². The zero-order chi connectivity index (χ0) is 49.1. The van der Waals surface area contributed by atoms with Gasteiger partial charge in [-0.15, -0.1) is 11.3 Å². The van der Waals surface area contributed by atoms with E-state index in [1.54, 1.807) is 43.0 Å². The fourth-order valence-corrected chi connectivity index (χ4v) is 12.9. The highest BCUT2D eigenvalue weighted by Crippen LogP contribution is 2.51. The summed E-state index contributed by atoms with van der Waals surface area (Å²) < 4.78 is 19.0. The Morgan fingerprint density at radius 2 is 1.69 bits per heavy atom. The van der Waals surface area contributed by atoms with Crippen LogP contribution in [-0.4, -0.2) is 136 Å². The Kier molecular flexibility index (Phi) is 17.7. The SMILES string of the molecule is CC[C@H]1OC(=O)[C@H](C)[C@@H](O)[C@H](C)[C@@H](O[C@@H]2O[C@H](C)C[C@H](N(C)C)[C@H]2O)C(C)(C)C[C@@H](C)CN(CCCNC(=O)/C=C/c2cc3c(s2)-c2cc(C)ccc2Sc2ccccc2-3)C(C)C(O)[C@]1(C)O. The van der Waals surface area contributed by atoms with Crippen molar-refractivity contribution in [3.8, 4) is 21.6 Å². The van der Waals surface area contributed by atoms with E-state index in [1.165, 1.54) is 38.3 Å². The molecular weight excluding hydrogens is 887 g/mol. The van der Waals surface area contributed by atoms with Crippen molar-refractivity contribution in [1.82, 2.24) is 15.1 Å². The lowest BCUT2D eigenvalue weighted by molar-refractivity contribution is -0.290. The molecule has 2 unspecified atom stereocenters. The molecule has 1 aromatic heterocycles. The Hall–Kier alpha value is -3.15. The second kappa shape index (κ2) is 22.3. The molecule has 2 fully saturated rings. The van der Waals surface area contributed by atoms with E-state index < -0.39 is 71.7 Å². The first kappa shape index (κ1) is 53.2. The molecule has 0 saturated carbocycles. The van der Waals surface area contributed by atoms with Gasteiger partial charge in [-0.2, -0.15) is 0 Å². The van der Waals surface area contributed by atoms with Gasteiger partial charge in [0.05, 0.1) is 24.2 Å². The van der Waals surface area contributed by atoms with E-state index in [-0.39, 0.29) is 30.4 Å². The van der Waals surface area contributed by atoms with Crippen LogP contribution in [0, 0.1) is 30.1 Å². The number of ether oxygens (including phenoxy) is 3. The molecule has 3 aromatic rings. The monoisotopic (exact) mass is 964 g/mol. The number of hydrogen-bond donors (Lipinski definition) is 5. The zero-order valence-corrected chi connectivity index (χ0v) is 43.3. The number of esters is 1. The Bertz CT molecular complexity index is 2190. The van der Waals surface area contributed by atoms with Gasteiger partial charge in [0.2, 0.25) is 5.91 Å². The van der Waals surface area contributed by atoms with Gasteiger partial charge in [0.15, 0.2) is 6.29 Å².